The molecule has 0 radical (unpaired) electrons. The Morgan fingerprint density at radius 2 is 2.05 bits per heavy atom. The zero-order chi connectivity index (χ0) is 15.2. The van der Waals surface area contributed by atoms with E-state index in [4.69, 9.17) is 16.3 Å². The number of esters is 1. The molecular weight excluding hydrogens is 272 g/mol. The molecule has 0 bridgehead atoms. The molecule has 0 saturated heterocycles. The molecule has 0 unspecified atom stereocenters. The second-order valence-electron chi connectivity index (χ2n) is 4.90. The van der Waals surface area contributed by atoms with Gasteiger partial charge in [-0.15, -0.1) is 11.6 Å². The largest absolute Gasteiger partial charge is 0.462 e. The fraction of sp³-hybridized carbons (Fsp3) is 0.471. The van der Waals surface area contributed by atoms with Gasteiger partial charge in [-0.1, -0.05) is 38.6 Å². The summed E-state index contributed by atoms with van der Waals surface area (Å²) in [5.41, 5.74) is 3.52. The average Bonchev–Trinajstić information content (AvgIpc) is 2.47. The number of rotatable bonds is 7. The van der Waals surface area contributed by atoms with Crippen LogP contribution in [0.2, 0.25) is 0 Å². The number of aryl methyl sites for hydroxylation is 1. The van der Waals surface area contributed by atoms with E-state index in [9.17, 15) is 4.79 Å². The number of ether oxygens (including phenoxy) is 1. The first kappa shape index (κ1) is 16.8. The van der Waals surface area contributed by atoms with E-state index in [1.54, 1.807) is 0 Å². The van der Waals surface area contributed by atoms with Crippen LogP contribution in [0.4, 0.5) is 0 Å². The van der Waals surface area contributed by atoms with Crippen molar-refractivity contribution < 1.29 is 9.53 Å². The van der Waals surface area contributed by atoms with Gasteiger partial charge in [-0.25, -0.2) is 4.79 Å². The Morgan fingerprint density at radius 3 is 2.60 bits per heavy atom. The highest BCUT2D eigenvalue weighted by molar-refractivity contribution is 6.24. The fourth-order valence-electron chi connectivity index (χ4n) is 2.40. The molecule has 2 nitrogen and oxygen atoms in total. The van der Waals surface area contributed by atoms with Crippen molar-refractivity contribution in [1.29, 1.82) is 0 Å². The van der Waals surface area contributed by atoms with Gasteiger partial charge in [-0.3, -0.25) is 0 Å². The number of carbonyl (C=O) groups excluding carboxylic acids is 1. The molecule has 0 aliphatic heterocycles. The van der Waals surface area contributed by atoms with Crippen LogP contribution in [0.1, 0.15) is 43.4 Å². The Bertz CT molecular complexity index is 476. The van der Waals surface area contributed by atoms with E-state index in [2.05, 4.69) is 39.5 Å². The molecule has 20 heavy (non-hydrogen) atoms. The molecule has 1 aromatic rings. The van der Waals surface area contributed by atoms with Gasteiger partial charge in [-0.05, 0) is 36.5 Å². The van der Waals surface area contributed by atoms with Crippen LogP contribution < -0.4 is 0 Å². The Hall–Kier alpha value is -1.28. The van der Waals surface area contributed by atoms with Crippen LogP contribution in [0, 0.1) is 6.92 Å². The summed E-state index contributed by atoms with van der Waals surface area (Å²) in [4.78, 5) is 10.8. The topological polar surface area (TPSA) is 26.3 Å². The first-order chi connectivity index (χ1) is 9.48. The minimum Gasteiger partial charge on any atom is -0.462 e. The summed E-state index contributed by atoms with van der Waals surface area (Å²) in [7, 11) is 0. The molecule has 0 atom stereocenters. The molecule has 0 amide bonds. The Kier molecular flexibility index (Phi) is 6.28. The highest BCUT2D eigenvalue weighted by atomic mass is 35.5. The van der Waals surface area contributed by atoms with Gasteiger partial charge in [0, 0.05) is 12.5 Å². The van der Waals surface area contributed by atoms with Crippen LogP contribution in [0.3, 0.4) is 0 Å². The standard InChI is InChI=1S/C17H23ClO2/c1-5-16(19)20-12-11-14-13(4)9-8-10-15(14)17(18,6-2)7-3/h5,8-10H,1,6-7,11-12H2,2-4H3. The van der Waals surface area contributed by atoms with Crippen molar-refractivity contribution in [1.82, 2.24) is 0 Å². The SMILES string of the molecule is C=CC(=O)OCCc1c(C)cccc1C(Cl)(CC)CC. The maximum Gasteiger partial charge on any atom is 0.330 e. The van der Waals surface area contributed by atoms with Crippen molar-refractivity contribution in [2.75, 3.05) is 6.61 Å². The lowest BCUT2D eigenvalue weighted by Crippen LogP contribution is -2.20. The van der Waals surface area contributed by atoms with E-state index < -0.39 is 0 Å². The van der Waals surface area contributed by atoms with Gasteiger partial charge < -0.3 is 4.74 Å². The smallest absolute Gasteiger partial charge is 0.330 e. The van der Waals surface area contributed by atoms with Crippen molar-refractivity contribution in [2.45, 2.75) is 44.9 Å². The average molecular weight is 295 g/mol. The molecule has 0 heterocycles. The molecule has 0 aliphatic carbocycles. The minimum atomic E-state index is -0.386. The van der Waals surface area contributed by atoms with Crippen molar-refractivity contribution in [3.8, 4) is 0 Å². The van der Waals surface area contributed by atoms with Gasteiger partial charge in [-0.2, -0.15) is 0 Å². The van der Waals surface area contributed by atoms with Crippen molar-refractivity contribution >= 4 is 17.6 Å². The van der Waals surface area contributed by atoms with Gasteiger partial charge in [0.1, 0.15) is 0 Å². The molecule has 110 valence electrons. The monoisotopic (exact) mass is 294 g/mol. The number of carbonyl (C=O) groups is 1. The third-order valence-corrected chi connectivity index (χ3v) is 4.51. The zero-order valence-corrected chi connectivity index (χ0v) is 13.3. The van der Waals surface area contributed by atoms with Gasteiger partial charge in [0.2, 0.25) is 0 Å². The lowest BCUT2D eigenvalue weighted by atomic mass is 9.86. The summed E-state index contributed by atoms with van der Waals surface area (Å²) in [6.45, 7) is 10.0. The summed E-state index contributed by atoms with van der Waals surface area (Å²) in [6.07, 6.45) is 3.60. The zero-order valence-electron chi connectivity index (χ0n) is 12.5. The second kappa shape index (κ2) is 7.49. The molecule has 1 rings (SSSR count). The number of alkyl halides is 1. The van der Waals surface area contributed by atoms with Crippen LogP contribution in [-0.4, -0.2) is 12.6 Å². The van der Waals surface area contributed by atoms with Gasteiger partial charge in [0.15, 0.2) is 0 Å². The van der Waals surface area contributed by atoms with Crippen LogP contribution in [-0.2, 0) is 20.8 Å². The summed E-state index contributed by atoms with van der Waals surface area (Å²) < 4.78 is 5.08. The molecule has 3 heteroatoms. The van der Waals surface area contributed by atoms with Crippen molar-refractivity contribution in [3.05, 3.63) is 47.5 Å². The van der Waals surface area contributed by atoms with Crippen LogP contribution in [0.5, 0.6) is 0 Å². The Morgan fingerprint density at radius 1 is 1.40 bits per heavy atom. The maximum atomic E-state index is 11.1. The summed E-state index contributed by atoms with van der Waals surface area (Å²) in [5, 5.41) is 0. The van der Waals surface area contributed by atoms with Crippen molar-refractivity contribution in [3.63, 3.8) is 0 Å². The minimum absolute atomic E-state index is 0.343. The molecule has 0 spiro atoms. The molecule has 0 N–H and O–H groups in total. The molecular formula is C17H23ClO2. The molecule has 0 fully saturated rings. The van der Waals surface area contributed by atoms with Gasteiger partial charge in [0.25, 0.3) is 0 Å². The highest BCUT2D eigenvalue weighted by Crippen LogP contribution is 2.39. The fourth-order valence-corrected chi connectivity index (χ4v) is 2.57. The predicted octanol–water partition coefficient (Wildman–Crippen LogP) is 4.52. The number of halogens is 1. The maximum absolute atomic E-state index is 11.1. The summed E-state index contributed by atoms with van der Waals surface area (Å²) in [5.74, 6) is -0.386. The molecule has 0 saturated carbocycles. The predicted molar refractivity (Wildman–Crippen MR) is 84.2 cm³/mol. The Balaban J connectivity index is 2.99. The van der Waals surface area contributed by atoms with E-state index in [0.29, 0.717) is 13.0 Å². The molecule has 0 aromatic heterocycles. The number of benzene rings is 1. The first-order valence-corrected chi connectivity index (χ1v) is 7.43. The van der Waals surface area contributed by atoms with Crippen molar-refractivity contribution in [2.24, 2.45) is 0 Å². The molecule has 1 aromatic carbocycles. The molecule has 0 aliphatic rings. The second-order valence-corrected chi connectivity index (χ2v) is 5.62. The van der Waals surface area contributed by atoms with Gasteiger partial charge >= 0.3 is 5.97 Å². The van der Waals surface area contributed by atoms with E-state index in [0.717, 1.165) is 18.4 Å². The lowest BCUT2D eigenvalue weighted by Gasteiger charge is -2.28. The van der Waals surface area contributed by atoms with E-state index in [1.165, 1.54) is 17.2 Å². The first-order valence-electron chi connectivity index (χ1n) is 7.05. The summed E-state index contributed by atoms with van der Waals surface area (Å²) >= 11 is 6.76. The van der Waals surface area contributed by atoms with E-state index in [1.807, 2.05) is 6.07 Å². The third kappa shape index (κ3) is 3.86. The van der Waals surface area contributed by atoms with Crippen LogP contribution in [0.25, 0.3) is 0 Å². The van der Waals surface area contributed by atoms with Gasteiger partial charge in [0.05, 0.1) is 11.5 Å². The third-order valence-electron chi connectivity index (χ3n) is 3.78. The summed E-state index contributed by atoms with van der Waals surface area (Å²) in [6, 6.07) is 6.18. The Labute approximate surface area is 126 Å². The van der Waals surface area contributed by atoms with Crippen LogP contribution in [0.15, 0.2) is 30.9 Å². The highest BCUT2D eigenvalue weighted by Gasteiger charge is 2.28. The number of hydrogen-bond donors (Lipinski definition) is 0. The van der Waals surface area contributed by atoms with E-state index in [-0.39, 0.29) is 10.8 Å². The normalized spacial score (nSPS) is 11.2. The quantitative estimate of drug-likeness (QED) is 0.420. The lowest BCUT2D eigenvalue weighted by molar-refractivity contribution is -0.137. The van der Waals surface area contributed by atoms with E-state index >= 15 is 0 Å². The van der Waals surface area contributed by atoms with Crippen LogP contribution >= 0.6 is 11.6 Å². The number of hydrogen-bond acceptors (Lipinski definition) is 2.